The van der Waals surface area contributed by atoms with E-state index >= 15 is 0 Å². The van der Waals surface area contributed by atoms with Gasteiger partial charge in [-0.25, -0.2) is 0 Å². The monoisotopic (exact) mass is 236 g/mol. The predicted molar refractivity (Wildman–Crippen MR) is 68.1 cm³/mol. The molecule has 3 heteroatoms. The number of ketones is 1. The fourth-order valence-electron chi connectivity index (χ4n) is 1.85. The van der Waals surface area contributed by atoms with Gasteiger partial charge in [-0.15, -0.1) is 0 Å². The third kappa shape index (κ3) is 2.28. The number of pyridine rings is 1. The van der Waals surface area contributed by atoms with Crippen LogP contribution in [0.2, 0.25) is 0 Å². The second kappa shape index (κ2) is 5.24. The minimum absolute atomic E-state index is 0.165. The predicted octanol–water partition coefficient (Wildman–Crippen LogP) is 2.88. The Morgan fingerprint density at radius 3 is 2.50 bits per heavy atom. The van der Waals surface area contributed by atoms with Crippen molar-refractivity contribution in [3.8, 4) is 6.07 Å². The summed E-state index contributed by atoms with van der Waals surface area (Å²) in [6.07, 6.45) is 3.18. The molecule has 0 fully saturated rings. The molecule has 0 bridgehead atoms. The number of carbonyl (C=O) groups is 1. The zero-order valence-electron chi connectivity index (χ0n) is 10.00. The van der Waals surface area contributed by atoms with Crippen LogP contribution in [0.3, 0.4) is 0 Å². The van der Waals surface area contributed by atoms with Crippen molar-refractivity contribution in [3.05, 3.63) is 65.5 Å². The topological polar surface area (TPSA) is 53.8 Å². The van der Waals surface area contributed by atoms with Crippen molar-refractivity contribution in [3.63, 3.8) is 0 Å². The van der Waals surface area contributed by atoms with Gasteiger partial charge in [-0.2, -0.15) is 5.26 Å². The van der Waals surface area contributed by atoms with Gasteiger partial charge in [0.1, 0.15) is 5.92 Å². The Kier molecular flexibility index (Phi) is 3.49. The first-order valence-electron chi connectivity index (χ1n) is 5.63. The highest BCUT2D eigenvalue weighted by molar-refractivity contribution is 6.03. The van der Waals surface area contributed by atoms with E-state index < -0.39 is 5.92 Å². The maximum Gasteiger partial charge on any atom is 0.184 e. The van der Waals surface area contributed by atoms with Gasteiger partial charge in [-0.1, -0.05) is 24.3 Å². The highest BCUT2D eigenvalue weighted by Gasteiger charge is 2.22. The summed E-state index contributed by atoms with van der Waals surface area (Å²) in [5, 5.41) is 9.21. The number of hydrogen-bond donors (Lipinski definition) is 0. The number of aromatic nitrogens is 1. The van der Waals surface area contributed by atoms with Crippen LogP contribution in [0.4, 0.5) is 0 Å². The third-order valence-corrected chi connectivity index (χ3v) is 2.84. The molecule has 2 rings (SSSR count). The molecular weight excluding hydrogens is 224 g/mol. The zero-order valence-corrected chi connectivity index (χ0v) is 10.00. The van der Waals surface area contributed by atoms with Gasteiger partial charge in [0.15, 0.2) is 5.78 Å². The largest absolute Gasteiger partial charge is 0.292 e. The minimum atomic E-state index is -0.769. The molecular formula is C15H12N2O. The summed E-state index contributed by atoms with van der Waals surface area (Å²) >= 11 is 0. The van der Waals surface area contributed by atoms with Gasteiger partial charge in [0.25, 0.3) is 0 Å². The minimum Gasteiger partial charge on any atom is -0.292 e. The van der Waals surface area contributed by atoms with Crippen molar-refractivity contribution >= 4 is 5.78 Å². The second-order valence-electron chi connectivity index (χ2n) is 4.02. The Balaban J connectivity index is 2.39. The summed E-state index contributed by atoms with van der Waals surface area (Å²) in [4.78, 5) is 16.2. The number of aryl methyl sites for hydroxylation is 1. The molecule has 0 aliphatic heterocycles. The molecule has 0 saturated carbocycles. The SMILES string of the molecule is Cc1ccccc1C(=O)C(C#N)c1ccncc1. The van der Waals surface area contributed by atoms with Crippen LogP contribution in [0.1, 0.15) is 27.4 Å². The van der Waals surface area contributed by atoms with E-state index in [1.807, 2.05) is 19.1 Å². The van der Waals surface area contributed by atoms with Crippen molar-refractivity contribution in [2.75, 3.05) is 0 Å². The molecule has 1 heterocycles. The van der Waals surface area contributed by atoms with Gasteiger partial charge in [0, 0.05) is 18.0 Å². The van der Waals surface area contributed by atoms with Crippen molar-refractivity contribution in [2.24, 2.45) is 0 Å². The number of benzene rings is 1. The lowest BCUT2D eigenvalue weighted by atomic mass is 9.90. The van der Waals surface area contributed by atoms with E-state index in [1.165, 1.54) is 0 Å². The van der Waals surface area contributed by atoms with E-state index in [1.54, 1.807) is 36.7 Å². The summed E-state index contributed by atoms with van der Waals surface area (Å²) < 4.78 is 0. The van der Waals surface area contributed by atoms with Crippen LogP contribution in [0.15, 0.2) is 48.8 Å². The molecule has 2 aromatic rings. The number of nitrogens with zero attached hydrogens (tertiary/aromatic N) is 2. The van der Waals surface area contributed by atoms with E-state index in [4.69, 9.17) is 0 Å². The Labute approximate surface area is 106 Å². The molecule has 0 aliphatic carbocycles. The van der Waals surface area contributed by atoms with Crippen molar-refractivity contribution in [2.45, 2.75) is 12.8 Å². The van der Waals surface area contributed by atoms with Gasteiger partial charge in [0.2, 0.25) is 0 Å². The lowest BCUT2D eigenvalue weighted by molar-refractivity contribution is 0.0978. The van der Waals surface area contributed by atoms with Crippen LogP contribution in [-0.2, 0) is 0 Å². The molecule has 88 valence electrons. The molecule has 18 heavy (non-hydrogen) atoms. The summed E-state index contributed by atoms with van der Waals surface area (Å²) in [6, 6.07) is 12.8. The molecule has 0 saturated heterocycles. The van der Waals surface area contributed by atoms with Gasteiger partial charge < -0.3 is 0 Å². The number of hydrogen-bond acceptors (Lipinski definition) is 3. The van der Waals surface area contributed by atoms with Crippen LogP contribution in [0, 0.1) is 18.3 Å². The van der Waals surface area contributed by atoms with Crippen LogP contribution >= 0.6 is 0 Å². The van der Waals surface area contributed by atoms with E-state index in [-0.39, 0.29) is 5.78 Å². The number of carbonyl (C=O) groups excluding carboxylic acids is 1. The average molecular weight is 236 g/mol. The van der Waals surface area contributed by atoms with E-state index in [0.717, 1.165) is 5.56 Å². The Bertz CT molecular complexity index is 599. The summed E-state index contributed by atoms with van der Waals surface area (Å²) in [5.74, 6) is -0.934. The first-order chi connectivity index (χ1) is 8.74. The third-order valence-electron chi connectivity index (χ3n) is 2.84. The highest BCUT2D eigenvalue weighted by atomic mass is 16.1. The Morgan fingerprint density at radius 2 is 1.89 bits per heavy atom. The fourth-order valence-corrected chi connectivity index (χ4v) is 1.85. The molecule has 0 aliphatic rings. The summed E-state index contributed by atoms with van der Waals surface area (Å²) in [7, 11) is 0. The highest BCUT2D eigenvalue weighted by Crippen LogP contribution is 2.21. The maximum atomic E-state index is 12.4. The average Bonchev–Trinajstić information content (AvgIpc) is 2.41. The zero-order chi connectivity index (χ0) is 13.0. The summed E-state index contributed by atoms with van der Waals surface area (Å²) in [5.41, 5.74) is 2.17. The van der Waals surface area contributed by atoms with E-state index in [0.29, 0.717) is 11.1 Å². The number of nitriles is 1. The first kappa shape index (κ1) is 12.0. The van der Waals surface area contributed by atoms with Crippen LogP contribution in [0.25, 0.3) is 0 Å². The molecule has 1 aromatic carbocycles. The van der Waals surface area contributed by atoms with Gasteiger partial charge in [-0.3, -0.25) is 9.78 Å². The van der Waals surface area contributed by atoms with Crippen LogP contribution in [0.5, 0.6) is 0 Å². The molecule has 3 nitrogen and oxygen atoms in total. The fraction of sp³-hybridized carbons (Fsp3) is 0.133. The van der Waals surface area contributed by atoms with Gasteiger partial charge >= 0.3 is 0 Å². The molecule has 1 atom stereocenters. The lowest BCUT2D eigenvalue weighted by Crippen LogP contribution is -2.12. The summed E-state index contributed by atoms with van der Waals surface area (Å²) in [6.45, 7) is 1.87. The molecule has 0 radical (unpaired) electrons. The van der Waals surface area contributed by atoms with Crippen molar-refractivity contribution in [1.82, 2.24) is 4.98 Å². The van der Waals surface area contributed by atoms with E-state index in [2.05, 4.69) is 11.1 Å². The number of Topliss-reactive ketones (excluding diaryl/α,β-unsaturated/α-hetero) is 1. The van der Waals surface area contributed by atoms with Crippen LogP contribution in [-0.4, -0.2) is 10.8 Å². The van der Waals surface area contributed by atoms with Crippen molar-refractivity contribution in [1.29, 1.82) is 5.26 Å². The van der Waals surface area contributed by atoms with Gasteiger partial charge in [-0.05, 0) is 30.2 Å². The Morgan fingerprint density at radius 1 is 1.22 bits per heavy atom. The molecule has 1 aromatic heterocycles. The smallest absolute Gasteiger partial charge is 0.184 e. The molecule has 0 N–H and O–H groups in total. The molecule has 0 spiro atoms. The molecule has 1 unspecified atom stereocenters. The second-order valence-corrected chi connectivity index (χ2v) is 4.02. The lowest BCUT2D eigenvalue weighted by Gasteiger charge is -2.10. The standard InChI is InChI=1S/C15H12N2O/c1-11-4-2-3-5-13(11)15(18)14(10-16)12-6-8-17-9-7-12/h2-9,14H,1H3. The van der Waals surface area contributed by atoms with Crippen LogP contribution < -0.4 is 0 Å². The Hall–Kier alpha value is -2.47. The van der Waals surface area contributed by atoms with Gasteiger partial charge in [0.05, 0.1) is 6.07 Å². The number of rotatable bonds is 3. The van der Waals surface area contributed by atoms with E-state index in [9.17, 15) is 10.1 Å². The quantitative estimate of drug-likeness (QED) is 0.770. The maximum absolute atomic E-state index is 12.4. The molecule has 0 amide bonds. The first-order valence-corrected chi connectivity index (χ1v) is 5.63. The van der Waals surface area contributed by atoms with Crippen molar-refractivity contribution < 1.29 is 4.79 Å². The normalized spacial score (nSPS) is 11.6.